The number of ether oxygens (including phenoxy) is 1. The number of anilines is 1. The van der Waals surface area contributed by atoms with E-state index >= 15 is 0 Å². The number of nitro benzene ring substituents is 1. The molecule has 0 saturated heterocycles. The first kappa shape index (κ1) is 20.1. The van der Waals surface area contributed by atoms with Crippen LogP contribution in [0, 0.1) is 10.1 Å². The molecule has 164 valence electrons. The standard InChI is InChI=1S/C22H16N6O5/c1-33-21(30)22(11-6-8-12(9-7-11)28(31)32)14-10-24-20-17(14)16(18(19(23)29)26-27-20)13-4-2-3-5-15(13)25-22/h2-10,25H,1H3,(H2,23,29)(H,24,27). The smallest absolute Gasteiger partial charge is 0.341 e. The van der Waals surface area contributed by atoms with Gasteiger partial charge in [-0.3, -0.25) is 14.9 Å². The average Bonchev–Trinajstić information content (AvgIpc) is 3.20. The van der Waals surface area contributed by atoms with Crippen LogP contribution in [-0.2, 0) is 15.1 Å². The Kier molecular flexibility index (Phi) is 4.34. The second-order valence-corrected chi connectivity index (χ2v) is 7.43. The second-order valence-electron chi connectivity index (χ2n) is 7.43. The molecule has 1 aliphatic rings. The van der Waals surface area contributed by atoms with Crippen LogP contribution in [0.1, 0.15) is 21.6 Å². The number of aromatic amines is 1. The molecule has 2 aromatic heterocycles. The zero-order chi connectivity index (χ0) is 23.3. The van der Waals surface area contributed by atoms with E-state index < -0.39 is 22.3 Å². The number of nitro groups is 1. The maximum atomic E-state index is 13.5. The molecule has 5 rings (SSSR count). The van der Waals surface area contributed by atoms with Gasteiger partial charge in [0.2, 0.25) is 0 Å². The van der Waals surface area contributed by atoms with Gasteiger partial charge in [-0.2, -0.15) is 0 Å². The maximum Gasteiger partial charge on any atom is 0.341 e. The summed E-state index contributed by atoms with van der Waals surface area (Å²) in [4.78, 5) is 39.4. The summed E-state index contributed by atoms with van der Waals surface area (Å²) in [6.45, 7) is 0. The van der Waals surface area contributed by atoms with Gasteiger partial charge in [0.25, 0.3) is 11.6 Å². The van der Waals surface area contributed by atoms with Gasteiger partial charge in [-0.15, -0.1) is 10.2 Å². The third-order valence-electron chi connectivity index (χ3n) is 5.75. The molecule has 4 aromatic rings. The van der Waals surface area contributed by atoms with E-state index in [4.69, 9.17) is 10.5 Å². The molecular weight excluding hydrogens is 428 g/mol. The molecule has 4 N–H and O–H groups in total. The molecule has 2 aromatic carbocycles. The van der Waals surface area contributed by atoms with Gasteiger partial charge >= 0.3 is 5.97 Å². The number of para-hydroxylation sites is 1. The van der Waals surface area contributed by atoms with Crippen molar-refractivity contribution in [1.29, 1.82) is 0 Å². The summed E-state index contributed by atoms with van der Waals surface area (Å²) in [5, 5.41) is 23.0. The molecule has 33 heavy (non-hydrogen) atoms. The van der Waals surface area contributed by atoms with Crippen molar-refractivity contribution in [2.75, 3.05) is 12.4 Å². The van der Waals surface area contributed by atoms with Crippen LogP contribution in [0.5, 0.6) is 0 Å². The number of hydrogen-bond donors (Lipinski definition) is 3. The molecule has 0 bridgehead atoms. The lowest BCUT2D eigenvalue weighted by atomic mass is 9.82. The molecule has 11 heteroatoms. The van der Waals surface area contributed by atoms with E-state index in [9.17, 15) is 19.7 Å². The third kappa shape index (κ3) is 2.75. The molecule has 1 amide bonds. The fourth-order valence-electron chi connectivity index (χ4n) is 4.32. The highest BCUT2D eigenvalue weighted by molar-refractivity contribution is 6.12. The molecular formula is C22H16N6O5. The van der Waals surface area contributed by atoms with E-state index in [1.54, 1.807) is 30.5 Å². The van der Waals surface area contributed by atoms with E-state index in [1.807, 2.05) is 0 Å². The van der Waals surface area contributed by atoms with Crippen molar-refractivity contribution >= 4 is 34.3 Å². The van der Waals surface area contributed by atoms with Crippen LogP contribution in [0.15, 0.2) is 54.7 Å². The number of non-ortho nitro benzene ring substituents is 1. The summed E-state index contributed by atoms with van der Waals surface area (Å²) in [6.07, 6.45) is 1.57. The first-order valence-electron chi connectivity index (χ1n) is 9.77. The minimum atomic E-state index is -1.62. The fraction of sp³-hybridized carbons (Fsp3) is 0.0909. The lowest BCUT2D eigenvalue weighted by Crippen LogP contribution is -2.45. The Labute approximate surface area is 185 Å². The van der Waals surface area contributed by atoms with Crippen LogP contribution in [0.4, 0.5) is 11.4 Å². The highest BCUT2D eigenvalue weighted by Crippen LogP contribution is 2.48. The Morgan fingerprint density at radius 1 is 1.12 bits per heavy atom. The molecule has 1 aliphatic heterocycles. The normalized spacial score (nSPS) is 16.4. The van der Waals surface area contributed by atoms with Crippen molar-refractivity contribution in [2.24, 2.45) is 5.73 Å². The van der Waals surface area contributed by atoms with Crippen LogP contribution in [0.25, 0.3) is 22.2 Å². The molecule has 0 aliphatic carbocycles. The van der Waals surface area contributed by atoms with Crippen molar-refractivity contribution in [1.82, 2.24) is 15.2 Å². The van der Waals surface area contributed by atoms with Crippen molar-refractivity contribution in [3.8, 4) is 11.1 Å². The van der Waals surface area contributed by atoms with Gasteiger partial charge < -0.3 is 20.8 Å². The first-order valence-corrected chi connectivity index (χ1v) is 9.77. The molecule has 0 spiro atoms. The number of nitrogens with one attached hydrogen (secondary N) is 2. The quantitative estimate of drug-likeness (QED) is 0.245. The Morgan fingerprint density at radius 3 is 2.52 bits per heavy atom. The Morgan fingerprint density at radius 2 is 1.85 bits per heavy atom. The summed E-state index contributed by atoms with van der Waals surface area (Å²) < 4.78 is 5.21. The van der Waals surface area contributed by atoms with Crippen LogP contribution in [0.2, 0.25) is 0 Å². The molecule has 0 saturated carbocycles. The van der Waals surface area contributed by atoms with Crippen molar-refractivity contribution in [3.05, 3.63) is 81.7 Å². The molecule has 3 heterocycles. The predicted octanol–water partition coefficient (Wildman–Crippen LogP) is 2.47. The van der Waals surface area contributed by atoms with Crippen LogP contribution < -0.4 is 11.1 Å². The van der Waals surface area contributed by atoms with E-state index in [0.29, 0.717) is 39.0 Å². The number of primary amides is 1. The maximum absolute atomic E-state index is 13.5. The van der Waals surface area contributed by atoms with Gasteiger partial charge in [0.05, 0.1) is 12.0 Å². The molecule has 0 radical (unpaired) electrons. The van der Waals surface area contributed by atoms with Crippen molar-refractivity contribution in [3.63, 3.8) is 0 Å². The minimum absolute atomic E-state index is 0.0537. The summed E-state index contributed by atoms with van der Waals surface area (Å²) in [5.74, 6) is -1.44. The Hall–Kier alpha value is -4.80. The number of methoxy groups -OCH3 is 1. The first-order chi connectivity index (χ1) is 15.9. The Balaban J connectivity index is 1.94. The Bertz CT molecular complexity index is 1460. The highest BCUT2D eigenvalue weighted by atomic mass is 16.6. The number of rotatable bonds is 4. The van der Waals surface area contributed by atoms with E-state index in [1.165, 1.54) is 31.4 Å². The monoisotopic (exact) mass is 444 g/mol. The number of aromatic nitrogens is 3. The molecule has 0 fully saturated rings. The number of benzene rings is 2. The van der Waals surface area contributed by atoms with E-state index in [0.717, 1.165) is 0 Å². The second kappa shape index (κ2) is 7.12. The lowest BCUT2D eigenvalue weighted by Gasteiger charge is -2.32. The highest BCUT2D eigenvalue weighted by Gasteiger charge is 2.48. The van der Waals surface area contributed by atoms with E-state index in [2.05, 4.69) is 20.5 Å². The summed E-state index contributed by atoms with van der Waals surface area (Å²) >= 11 is 0. The van der Waals surface area contributed by atoms with Gasteiger partial charge in [0.1, 0.15) is 0 Å². The van der Waals surface area contributed by atoms with Gasteiger partial charge in [0, 0.05) is 46.1 Å². The predicted molar refractivity (Wildman–Crippen MR) is 117 cm³/mol. The summed E-state index contributed by atoms with van der Waals surface area (Å²) in [5.41, 5.74) is 6.44. The summed E-state index contributed by atoms with van der Waals surface area (Å²) in [6, 6.07) is 12.6. The number of nitrogens with two attached hydrogens (primary N) is 1. The lowest BCUT2D eigenvalue weighted by molar-refractivity contribution is -0.384. The van der Waals surface area contributed by atoms with Crippen LogP contribution in [0.3, 0.4) is 0 Å². The average molecular weight is 444 g/mol. The number of esters is 1. The number of amides is 1. The van der Waals surface area contributed by atoms with Crippen molar-refractivity contribution in [2.45, 2.75) is 5.54 Å². The fourth-order valence-corrected chi connectivity index (χ4v) is 4.32. The summed E-state index contributed by atoms with van der Waals surface area (Å²) in [7, 11) is 1.25. The van der Waals surface area contributed by atoms with Crippen LogP contribution >= 0.6 is 0 Å². The molecule has 1 unspecified atom stereocenters. The van der Waals surface area contributed by atoms with Gasteiger partial charge in [-0.05, 0) is 23.8 Å². The molecule has 1 atom stereocenters. The number of nitrogens with zero attached hydrogens (tertiary/aromatic N) is 3. The van der Waals surface area contributed by atoms with Gasteiger partial charge in [-0.1, -0.05) is 18.2 Å². The largest absolute Gasteiger partial charge is 0.467 e. The zero-order valence-corrected chi connectivity index (χ0v) is 17.2. The minimum Gasteiger partial charge on any atom is -0.467 e. The SMILES string of the molecule is COC(=O)C1(c2ccc([N+](=O)[O-])cc2)Nc2ccccc2-c2c(C(N)=O)nnc3[nH]cc1c23. The third-order valence-corrected chi connectivity index (χ3v) is 5.75. The number of fused-ring (bicyclic) bond motifs is 2. The van der Waals surface area contributed by atoms with Crippen molar-refractivity contribution < 1.29 is 19.2 Å². The van der Waals surface area contributed by atoms with E-state index in [-0.39, 0.29) is 11.4 Å². The number of carbonyl (C=O) groups excluding carboxylic acids is 2. The topological polar surface area (TPSA) is 166 Å². The van der Waals surface area contributed by atoms with Gasteiger partial charge in [0.15, 0.2) is 16.9 Å². The van der Waals surface area contributed by atoms with Gasteiger partial charge in [-0.25, -0.2) is 4.79 Å². The zero-order valence-electron chi connectivity index (χ0n) is 17.2. The van der Waals surface area contributed by atoms with Crippen LogP contribution in [-0.4, -0.2) is 39.1 Å². The number of H-pyrrole nitrogens is 1. The molecule has 11 nitrogen and oxygen atoms in total. The number of hydrogen-bond acceptors (Lipinski definition) is 8. The number of carbonyl (C=O) groups is 2.